The number of pyridine rings is 1. The van der Waals surface area contributed by atoms with Crippen LogP contribution in [0, 0.1) is 0 Å². The van der Waals surface area contributed by atoms with E-state index >= 15 is 0 Å². The third kappa shape index (κ3) is 3.37. The first-order chi connectivity index (χ1) is 14.8. The number of aromatic nitrogens is 2. The van der Waals surface area contributed by atoms with E-state index in [1.807, 2.05) is 0 Å². The fourth-order valence-corrected chi connectivity index (χ4v) is 4.41. The number of piperazine rings is 1. The Labute approximate surface area is 175 Å². The number of halogens is 3. The lowest BCUT2D eigenvalue weighted by molar-refractivity contribution is -0.142. The first-order valence-corrected chi connectivity index (χ1v) is 10.5. The highest BCUT2D eigenvalue weighted by atomic mass is 19.4. The SMILES string of the molecule is O=Cc1c(C(=O)N2CCN(C3CCC3)C(=O)C2)nn2c(C(F)(F)F)cc(C3CC3)cc12. The molecule has 0 N–H and O–H groups in total. The van der Waals surface area contributed by atoms with Crippen molar-refractivity contribution in [1.29, 1.82) is 0 Å². The molecule has 2 aromatic heterocycles. The molecule has 0 atom stereocenters. The van der Waals surface area contributed by atoms with Crippen molar-refractivity contribution in [3.8, 4) is 0 Å². The zero-order valence-corrected chi connectivity index (χ0v) is 16.7. The maximum atomic E-state index is 13.7. The van der Waals surface area contributed by atoms with E-state index in [2.05, 4.69) is 5.10 Å². The van der Waals surface area contributed by atoms with E-state index in [0.29, 0.717) is 22.9 Å². The second-order valence-electron chi connectivity index (χ2n) is 8.52. The molecule has 3 heterocycles. The minimum absolute atomic E-state index is 0.0249. The summed E-state index contributed by atoms with van der Waals surface area (Å²) in [6, 6.07) is 2.77. The number of fused-ring (bicyclic) bond motifs is 1. The van der Waals surface area contributed by atoms with E-state index in [9.17, 15) is 27.6 Å². The summed E-state index contributed by atoms with van der Waals surface area (Å²) >= 11 is 0. The van der Waals surface area contributed by atoms with Gasteiger partial charge in [-0.25, -0.2) is 4.52 Å². The fraction of sp³-hybridized carbons (Fsp3) is 0.524. The molecule has 0 bridgehead atoms. The zero-order valence-electron chi connectivity index (χ0n) is 16.7. The summed E-state index contributed by atoms with van der Waals surface area (Å²) in [5, 5.41) is 3.90. The van der Waals surface area contributed by atoms with Gasteiger partial charge < -0.3 is 9.80 Å². The standard InChI is InChI=1S/C21H21F3N4O3/c22-21(23,24)17-9-13(12-4-5-12)8-16-15(11-29)19(25-28(16)17)20(31)26-6-7-27(18(30)10-26)14-2-1-3-14/h8-9,11-12,14H,1-7,10H2. The largest absolute Gasteiger partial charge is 0.433 e. The van der Waals surface area contributed by atoms with E-state index < -0.39 is 17.8 Å². The van der Waals surface area contributed by atoms with E-state index in [-0.39, 0.29) is 47.7 Å². The van der Waals surface area contributed by atoms with Crippen LogP contribution in [0.3, 0.4) is 0 Å². The summed E-state index contributed by atoms with van der Waals surface area (Å²) in [6.45, 7) is 0.465. The second kappa shape index (κ2) is 7.06. The lowest BCUT2D eigenvalue weighted by Gasteiger charge is -2.42. The van der Waals surface area contributed by atoms with Crippen LogP contribution < -0.4 is 0 Å². The average Bonchev–Trinajstić information content (AvgIpc) is 3.46. The molecule has 164 valence electrons. The summed E-state index contributed by atoms with van der Waals surface area (Å²) in [5.74, 6) is -0.863. The molecule has 2 amide bonds. The Kier molecular flexibility index (Phi) is 4.56. The summed E-state index contributed by atoms with van der Waals surface area (Å²) in [6.07, 6.45) is 0.231. The number of rotatable bonds is 4. The van der Waals surface area contributed by atoms with Gasteiger partial charge in [-0.2, -0.15) is 18.3 Å². The molecular weight excluding hydrogens is 413 g/mol. The van der Waals surface area contributed by atoms with Crippen molar-refractivity contribution in [1.82, 2.24) is 19.4 Å². The molecule has 0 spiro atoms. The van der Waals surface area contributed by atoms with Crippen LogP contribution in [0.15, 0.2) is 12.1 Å². The van der Waals surface area contributed by atoms with Gasteiger partial charge in [0.15, 0.2) is 12.0 Å². The molecule has 0 radical (unpaired) electrons. The van der Waals surface area contributed by atoms with Gasteiger partial charge in [0.25, 0.3) is 5.91 Å². The first-order valence-electron chi connectivity index (χ1n) is 10.5. The van der Waals surface area contributed by atoms with Gasteiger partial charge in [0, 0.05) is 19.1 Å². The van der Waals surface area contributed by atoms with Crippen LogP contribution in [0.25, 0.3) is 5.52 Å². The monoisotopic (exact) mass is 434 g/mol. The number of alkyl halides is 3. The fourth-order valence-electron chi connectivity index (χ4n) is 4.41. The van der Waals surface area contributed by atoms with Gasteiger partial charge >= 0.3 is 6.18 Å². The van der Waals surface area contributed by atoms with Gasteiger partial charge in [0.1, 0.15) is 12.2 Å². The van der Waals surface area contributed by atoms with Crippen LogP contribution in [-0.2, 0) is 11.0 Å². The molecule has 1 saturated heterocycles. The molecule has 31 heavy (non-hydrogen) atoms. The topological polar surface area (TPSA) is 75.0 Å². The zero-order chi connectivity index (χ0) is 21.9. The van der Waals surface area contributed by atoms with Crippen molar-refractivity contribution in [2.24, 2.45) is 0 Å². The highest BCUT2D eigenvalue weighted by molar-refractivity contribution is 6.05. The Bertz CT molecular complexity index is 1090. The van der Waals surface area contributed by atoms with E-state index in [1.165, 1.54) is 11.0 Å². The van der Waals surface area contributed by atoms with Gasteiger partial charge in [0.05, 0.1) is 11.1 Å². The lowest BCUT2D eigenvalue weighted by atomic mass is 9.91. The molecule has 7 nitrogen and oxygen atoms in total. The molecule has 5 rings (SSSR count). The molecule has 3 aliphatic rings. The maximum Gasteiger partial charge on any atom is 0.433 e. The third-order valence-electron chi connectivity index (χ3n) is 6.51. The molecule has 3 fully saturated rings. The maximum absolute atomic E-state index is 13.7. The van der Waals surface area contributed by atoms with Gasteiger partial charge in [-0.05, 0) is 55.7 Å². The number of aldehydes is 1. The molecular formula is C21H21F3N4O3. The Morgan fingerprint density at radius 2 is 1.87 bits per heavy atom. The van der Waals surface area contributed by atoms with Gasteiger partial charge in [-0.3, -0.25) is 14.4 Å². The summed E-state index contributed by atoms with van der Waals surface area (Å²) < 4.78 is 41.7. The van der Waals surface area contributed by atoms with Crippen molar-refractivity contribution >= 4 is 23.6 Å². The molecule has 2 aromatic rings. The molecule has 2 saturated carbocycles. The quantitative estimate of drug-likeness (QED) is 0.694. The van der Waals surface area contributed by atoms with Crippen molar-refractivity contribution < 1.29 is 27.6 Å². The summed E-state index contributed by atoms with van der Waals surface area (Å²) in [5.41, 5.74) is -1.08. The highest BCUT2D eigenvalue weighted by Crippen LogP contribution is 2.43. The predicted octanol–water partition coefficient (Wildman–Crippen LogP) is 2.88. The molecule has 1 aliphatic heterocycles. The van der Waals surface area contributed by atoms with E-state index in [4.69, 9.17) is 0 Å². The molecule has 0 aromatic carbocycles. The van der Waals surface area contributed by atoms with Crippen molar-refractivity contribution in [3.63, 3.8) is 0 Å². The van der Waals surface area contributed by atoms with Crippen molar-refractivity contribution in [2.45, 2.75) is 50.2 Å². The number of nitrogens with zero attached hydrogens (tertiary/aromatic N) is 4. The third-order valence-corrected chi connectivity index (χ3v) is 6.51. The van der Waals surface area contributed by atoms with Crippen LogP contribution in [0.4, 0.5) is 13.2 Å². The number of hydrogen-bond acceptors (Lipinski definition) is 4. The minimum Gasteiger partial charge on any atom is -0.336 e. The Morgan fingerprint density at radius 1 is 1.13 bits per heavy atom. The normalized spacial score (nSPS) is 20.3. The summed E-state index contributed by atoms with van der Waals surface area (Å²) in [7, 11) is 0. The second-order valence-corrected chi connectivity index (χ2v) is 8.52. The van der Waals surface area contributed by atoms with Crippen LogP contribution in [0.1, 0.15) is 70.1 Å². The average molecular weight is 434 g/mol. The van der Waals surface area contributed by atoms with Gasteiger partial charge in [0.2, 0.25) is 5.91 Å². The highest BCUT2D eigenvalue weighted by Gasteiger charge is 2.39. The predicted molar refractivity (Wildman–Crippen MR) is 103 cm³/mol. The van der Waals surface area contributed by atoms with Gasteiger partial charge in [-0.1, -0.05) is 0 Å². The number of amides is 2. The van der Waals surface area contributed by atoms with E-state index in [1.54, 1.807) is 4.90 Å². The van der Waals surface area contributed by atoms with E-state index in [0.717, 1.165) is 38.2 Å². The smallest absolute Gasteiger partial charge is 0.336 e. The number of carbonyl (C=O) groups is 3. The number of carbonyl (C=O) groups excluding carboxylic acids is 3. The Balaban J connectivity index is 1.51. The van der Waals surface area contributed by atoms with Crippen LogP contribution in [0.5, 0.6) is 0 Å². The molecule has 0 unspecified atom stereocenters. The summed E-state index contributed by atoms with van der Waals surface area (Å²) in [4.78, 5) is 40.4. The Morgan fingerprint density at radius 3 is 2.42 bits per heavy atom. The van der Waals surface area contributed by atoms with Crippen LogP contribution >= 0.6 is 0 Å². The molecule has 10 heteroatoms. The first kappa shape index (κ1) is 20.0. The van der Waals surface area contributed by atoms with Crippen molar-refractivity contribution in [3.05, 3.63) is 34.6 Å². The minimum atomic E-state index is -4.69. The van der Waals surface area contributed by atoms with Gasteiger partial charge in [-0.15, -0.1) is 0 Å². The van der Waals surface area contributed by atoms with Crippen LogP contribution in [0.2, 0.25) is 0 Å². The van der Waals surface area contributed by atoms with Crippen LogP contribution in [-0.4, -0.2) is 63.2 Å². The lowest BCUT2D eigenvalue weighted by Crippen LogP contribution is -2.56. The Hall–Kier alpha value is -2.91. The van der Waals surface area contributed by atoms with Crippen molar-refractivity contribution in [2.75, 3.05) is 19.6 Å². The molecule has 2 aliphatic carbocycles. The number of hydrogen-bond donors (Lipinski definition) is 0.